The average molecular weight is 358 g/mol. The van der Waals surface area contributed by atoms with E-state index in [0.29, 0.717) is 24.9 Å². The summed E-state index contributed by atoms with van der Waals surface area (Å²) in [5.41, 5.74) is 0.958. The fraction of sp³-hybridized carbons (Fsp3) is 0.421. The van der Waals surface area contributed by atoms with Crippen LogP contribution in [0.15, 0.2) is 30.5 Å². The van der Waals surface area contributed by atoms with Crippen molar-refractivity contribution < 1.29 is 13.9 Å². The van der Waals surface area contributed by atoms with Gasteiger partial charge in [-0.3, -0.25) is 0 Å². The third-order valence-corrected chi connectivity index (χ3v) is 4.47. The first-order chi connectivity index (χ1) is 12.5. The third-order valence-electron chi connectivity index (χ3n) is 4.47. The molecule has 1 aromatic carbocycles. The van der Waals surface area contributed by atoms with Crippen LogP contribution in [-0.2, 0) is 4.79 Å². The van der Waals surface area contributed by atoms with Crippen molar-refractivity contribution in [2.24, 2.45) is 0 Å². The number of aromatic nitrogens is 2. The maximum atomic E-state index is 14.1. The molecule has 1 saturated heterocycles. The smallest absolute Gasteiger partial charge is 0.226 e. The Bertz CT molecular complexity index is 767. The molecule has 1 aliphatic rings. The molecular formula is C19H23FN4O2. The van der Waals surface area contributed by atoms with Crippen molar-refractivity contribution in [3.8, 4) is 5.75 Å². The lowest BCUT2D eigenvalue weighted by atomic mass is 10.0. The third kappa shape index (κ3) is 3.92. The van der Waals surface area contributed by atoms with E-state index in [4.69, 9.17) is 4.74 Å². The summed E-state index contributed by atoms with van der Waals surface area (Å²) in [7, 11) is 3.64. The first-order valence-corrected chi connectivity index (χ1v) is 8.64. The first kappa shape index (κ1) is 18.1. The monoisotopic (exact) mass is 358 g/mol. The van der Waals surface area contributed by atoms with Crippen molar-refractivity contribution in [3.05, 3.63) is 41.8 Å². The van der Waals surface area contributed by atoms with E-state index >= 15 is 0 Å². The van der Waals surface area contributed by atoms with Gasteiger partial charge in [0.2, 0.25) is 5.95 Å². The molecule has 6 nitrogen and oxygen atoms in total. The highest BCUT2D eigenvalue weighted by Gasteiger charge is 2.27. The number of hydrogen-bond donors (Lipinski definition) is 0. The van der Waals surface area contributed by atoms with Crippen LogP contribution in [0.25, 0.3) is 0 Å². The largest absolute Gasteiger partial charge is 0.489 e. The van der Waals surface area contributed by atoms with E-state index in [2.05, 4.69) is 9.97 Å². The molecule has 1 aromatic heterocycles. The van der Waals surface area contributed by atoms with Crippen LogP contribution in [0.2, 0.25) is 0 Å². The van der Waals surface area contributed by atoms with Gasteiger partial charge in [-0.2, -0.15) is 4.98 Å². The highest BCUT2D eigenvalue weighted by Crippen LogP contribution is 2.26. The van der Waals surface area contributed by atoms with E-state index in [1.54, 1.807) is 4.90 Å². The molecule has 0 spiro atoms. The van der Waals surface area contributed by atoms with E-state index in [9.17, 15) is 9.18 Å². The molecule has 2 atom stereocenters. The van der Waals surface area contributed by atoms with Crippen molar-refractivity contribution in [1.82, 2.24) is 9.97 Å². The Morgan fingerprint density at radius 3 is 2.73 bits per heavy atom. The Labute approximate surface area is 152 Å². The van der Waals surface area contributed by atoms with Gasteiger partial charge in [0.25, 0.3) is 0 Å². The lowest BCUT2D eigenvalue weighted by Crippen LogP contribution is -2.27. The van der Waals surface area contributed by atoms with Gasteiger partial charge in [-0.25, -0.2) is 9.37 Å². The number of rotatable bonds is 6. The van der Waals surface area contributed by atoms with E-state index in [0.717, 1.165) is 24.0 Å². The molecule has 0 amide bonds. The number of anilines is 2. The standard InChI is InChI=1S/C19H23FN4O2/c1-13(12-25)14-4-6-15(7-5-14)26-16-8-9-24(11-16)18-17(20)10-21-19(22-18)23(2)3/h4-7,10,12-13,16H,8-9,11H2,1-3H3/t13?,16-/m1/s1. The minimum atomic E-state index is -0.427. The molecule has 26 heavy (non-hydrogen) atoms. The van der Waals surface area contributed by atoms with Crippen molar-refractivity contribution in [3.63, 3.8) is 0 Å². The number of carbonyl (C=O) groups is 1. The molecule has 1 aliphatic heterocycles. The quantitative estimate of drug-likeness (QED) is 0.740. The zero-order valence-electron chi connectivity index (χ0n) is 15.2. The van der Waals surface area contributed by atoms with E-state index in [1.165, 1.54) is 6.20 Å². The summed E-state index contributed by atoms with van der Waals surface area (Å²) in [6, 6.07) is 7.53. The zero-order chi connectivity index (χ0) is 18.7. The van der Waals surface area contributed by atoms with Crippen molar-refractivity contribution in [2.45, 2.75) is 25.4 Å². The van der Waals surface area contributed by atoms with Gasteiger partial charge >= 0.3 is 0 Å². The lowest BCUT2D eigenvalue weighted by molar-refractivity contribution is -0.108. The average Bonchev–Trinajstić information content (AvgIpc) is 3.10. The fourth-order valence-corrected chi connectivity index (χ4v) is 2.92. The van der Waals surface area contributed by atoms with Crippen molar-refractivity contribution >= 4 is 18.1 Å². The SMILES string of the molecule is CC(C=O)c1ccc(O[C@@H]2CCN(c3nc(N(C)C)ncc3F)C2)cc1. The Morgan fingerprint density at radius 2 is 2.08 bits per heavy atom. The molecule has 2 aromatic rings. The molecule has 1 unspecified atom stereocenters. The van der Waals surface area contributed by atoms with Crippen LogP contribution in [-0.4, -0.2) is 49.5 Å². The molecule has 0 radical (unpaired) electrons. The van der Waals surface area contributed by atoms with E-state index < -0.39 is 5.82 Å². The summed E-state index contributed by atoms with van der Waals surface area (Å²) in [6.07, 6.45) is 2.87. The van der Waals surface area contributed by atoms with Gasteiger partial charge in [-0.15, -0.1) is 0 Å². The summed E-state index contributed by atoms with van der Waals surface area (Å²) >= 11 is 0. The minimum absolute atomic E-state index is 0.0403. The van der Waals surface area contributed by atoms with Crippen LogP contribution < -0.4 is 14.5 Å². The number of ether oxygens (including phenoxy) is 1. The normalized spacial score (nSPS) is 17.8. The maximum absolute atomic E-state index is 14.1. The molecule has 1 fully saturated rings. The highest BCUT2D eigenvalue weighted by molar-refractivity contribution is 5.61. The summed E-state index contributed by atoms with van der Waals surface area (Å²) < 4.78 is 20.1. The number of halogens is 1. The van der Waals surface area contributed by atoms with Crippen LogP contribution in [0.4, 0.5) is 16.2 Å². The van der Waals surface area contributed by atoms with Gasteiger partial charge in [0.1, 0.15) is 18.1 Å². The Hall–Kier alpha value is -2.70. The van der Waals surface area contributed by atoms with E-state index in [-0.39, 0.29) is 12.0 Å². The lowest BCUT2D eigenvalue weighted by Gasteiger charge is -2.20. The number of aldehydes is 1. The molecule has 0 saturated carbocycles. The summed E-state index contributed by atoms with van der Waals surface area (Å²) in [6.45, 7) is 3.09. The van der Waals surface area contributed by atoms with Gasteiger partial charge in [0.15, 0.2) is 11.6 Å². The second kappa shape index (κ2) is 7.68. The molecular weight excluding hydrogens is 335 g/mol. The Kier molecular flexibility index (Phi) is 5.35. The van der Waals surface area contributed by atoms with Crippen LogP contribution in [0.3, 0.4) is 0 Å². The van der Waals surface area contributed by atoms with Crippen LogP contribution in [0.5, 0.6) is 5.75 Å². The van der Waals surface area contributed by atoms with E-state index in [1.807, 2.05) is 50.2 Å². The first-order valence-electron chi connectivity index (χ1n) is 8.64. The van der Waals surface area contributed by atoms with Gasteiger partial charge in [-0.1, -0.05) is 19.1 Å². The Morgan fingerprint density at radius 1 is 1.35 bits per heavy atom. The zero-order valence-corrected chi connectivity index (χ0v) is 15.2. The maximum Gasteiger partial charge on any atom is 0.226 e. The van der Waals surface area contributed by atoms with Crippen LogP contribution >= 0.6 is 0 Å². The molecule has 0 bridgehead atoms. The topological polar surface area (TPSA) is 58.6 Å². The predicted molar refractivity (Wildman–Crippen MR) is 98.5 cm³/mol. The molecule has 138 valence electrons. The summed E-state index contributed by atoms with van der Waals surface area (Å²) in [4.78, 5) is 22.8. The van der Waals surface area contributed by atoms with Gasteiger partial charge in [0.05, 0.1) is 12.7 Å². The second-order valence-corrected chi connectivity index (χ2v) is 6.70. The highest BCUT2D eigenvalue weighted by atomic mass is 19.1. The molecule has 2 heterocycles. The number of benzene rings is 1. The molecule has 0 N–H and O–H groups in total. The van der Waals surface area contributed by atoms with Gasteiger partial charge in [-0.05, 0) is 17.7 Å². The fourth-order valence-electron chi connectivity index (χ4n) is 2.92. The molecule has 3 rings (SSSR count). The minimum Gasteiger partial charge on any atom is -0.489 e. The van der Waals surface area contributed by atoms with Crippen molar-refractivity contribution in [1.29, 1.82) is 0 Å². The second-order valence-electron chi connectivity index (χ2n) is 6.70. The van der Waals surface area contributed by atoms with Crippen LogP contribution in [0, 0.1) is 5.82 Å². The van der Waals surface area contributed by atoms with Crippen LogP contribution in [0.1, 0.15) is 24.8 Å². The van der Waals surface area contributed by atoms with Crippen molar-refractivity contribution in [2.75, 3.05) is 37.0 Å². The van der Waals surface area contributed by atoms with Gasteiger partial charge < -0.3 is 19.3 Å². The van der Waals surface area contributed by atoms with Gasteiger partial charge in [0, 0.05) is 33.0 Å². The number of nitrogens with zero attached hydrogens (tertiary/aromatic N) is 4. The summed E-state index contributed by atoms with van der Waals surface area (Å²) in [5, 5.41) is 0. The molecule has 0 aliphatic carbocycles. The predicted octanol–water partition coefficient (Wildman–Crippen LogP) is 2.64. The number of carbonyl (C=O) groups excluding carboxylic acids is 1. The Balaban J connectivity index is 1.66. The molecule has 7 heteroatoms. The number of hydrogen-bond acceptors (Lipinski definition) is 6. The summed E-state index contributed by atoms with van der Waals surface area (Å²) in [5.74, 6) is 0.979.